The lowest BCUT2D eigenvalue weighted by Crippen LogP contribution is -2.17. The van der Waals surface area contributed by atoms with Crippen LogP contribution in [0, 0.1) is 0 Å². The normalized spacial score (nSPS) is 17.8. The molecule has 46 heavy (non-hydrogen) atoms. The summed E-state index contributed by atoms with van der Waals surface area (Å²) in [5.41, 5.74) is 14.9. The highest BCUT2D eigenvalue weighted by Crippen LogP contribution is 2.52. The Hall–Kier alpha value is -4.10. The Balaban J connectivity index is 1.19. The fraction of sp³-hybridized carbons (Fsp3) is 0.333. The predicted octanol–water partition coefficient (Wildman–Crippen LogP) is 13.2. The van der Waals surface area contributed by atoms with Crippen LogP contribution in [0.5, 0.6) is 0 Å². The zero-order valence-corrected chi connectivity index (χ0v) is 27.6. The summed E-state index contributed by atoms with van der Waals surface area (Å²) in [5, 5.41) is 0. The zero-order valence-electron chi connectivity index (χ0n) is 27.6. The number of para-hydroxylation sites is 2. The highest BCUT2D eigenvalue weighted by atomic mass is 15.1. The van der Waals surface area contributed by atoms with Gasteiger partial charge in [-0.3, -0.25) is 0 Å². The molecule has 0 amide bonds. The molecule has 0 aromatic heterocycles. The molecule has 1 nitrogen and oxygen atoms in total. The third-order valence-electron chi connectivity index (χ3n) is 11.5. The quantitative estimate of drug-likeness (QED) is 0.187. The molecule has 8 rings (SSSR count). The van der Waals surface area contributed by atoms with Crippen molar-refractivity contribution in [2.75, 3.05) is 4.90 Å². The number of fused-ring (bicyclic) bond motifs is 3. The Kier molecular flexibility index (Phi) is 7.81. The summed E-state index contributed by atoms with van der Waals surface area (Å²) < 4.78 is 0. The van der Waals surface area contributed by atoms with Gasteiger partial charge in [-0.2, -0.15) is 0 Å². The maximum Gasteiger partial charge on any atom is 0.0540 e. The maximum atomic E-state index is 2.56. The number of nitrogens with zero attached hydrogens (tertiary/aromatic N) is 1. The van der Waals surface area contributed by atoms with Crippen molar-refractivity contribution in [3.63, 3.8) is 0 Å². The summed E-state index contributed by atoms with van der Waals surface area (Å²) in [6.45, 7) is 4.86. The molecule has 0 atom stereocenters. The first-order valence-corrected chi connectivity index (χ1v) is 17.9. The van der Waals surface area contributed by atoms with Crippen molar-refractivity contribution >= 4 is 17.1 Å². The second-order valence-electron chi connectivity index (χ2n) is 14.6. The number of rotatable bonds is 6. The number of hydrogen-bond donors (Lipinski definition) is 0. The molecule has 0 N–H and O–H groups in total. The van der Waals surface area contributed by atoms with Gasteiger partial charge < -0.3 is 4.90 Å². The maximum absolute atomic E-state index is 2.56. The number of anilines is 3. The molecule has 2 saturated carbocycles. The Morgan fingerprint density at radius 3 is 1.74 bits per heavy atom. The summed E-state index contributed by atoms with van der Waals surface area (Å²) >= 11 is 0. The minimum absolute atomic E-state index is 0.0534. The average Bonchev–Trinajstić information content (AvgIpc) is 3.35. The number of benzene rings is 5. The number of hydrogen-bond acceptors (Lipinski definition) is 1. The van der Waals surface area contributed by atoms with E-state index >= 15 is 0 Å². The van der Waals surface area contributed by atoms with Gasteiger partial charge in [0.25, 0.3) is 0 Å². The Bertz CT molecular complexity index is 1820. The third kappa shape index (κ3) is 5.28. The Labute approximate surface area is 276 Å². The van der Waals surface area contributed by atoms with Gasteiger partial charge in [0, 0.05) is 22.4 Å². The fourth-order valence-electron chi connectivity index (χ4n) is 8.86. The van der Waals surface area contributed by atoms with Gasteiger partial charge >= 0.3 is 0 Å². The standard InChI is InChI=1S/C45H47N/c1-45(2)42-30-36(33-16-8-4-9-17-33)26-28-40(42)41-29-27-38(31-43(41)45)46(37-18-10-5-11-19-37)44-21-13-12-20-39(44)35-24-22-34(23-25-35)32-14-6-3-7-15-32/h5,10-13,18-33H,3-4,6-9,14-17H2,1-2H3. The van der Waals surface area contributed by atoms with Gasteiger partial charge in [0.1, 0.15) is 0 Å². The van der Waals surface area contributed by atoms with Crippen molar-refractivity contribution in [2.45, 2.75) is 95.3 Å². The molecule has 5 aromatic rings. The van der Waals surface area contributed by atoms with Gasteiger partial charge in [0.2, 0.25) is 0 Å². The van der Waals surface area contributed by atoms with Gasteiger partial charge in [0.15, 0.2) is 0 Å². The van der Waals surface area contributed by atoms with Crippen LogP contribution in [0.1, 0.15) is 112 Å². The van der Waals surface area contributed by atoms with Gasteiger partial charge in [0.05, 0.1) is 5.69 Å². The molecule has 0 unspecified atom stereocenters. The molecule has 0 radical (unpaired) electrons. The van der Waals surface area contributed by atoms with Crippen LogP contribution in [-0.2, 0) is 5.41 Å². The third-order valence-corrected chi connectivity index (χ3v) is 11.5. The molecular weight excluding hydrogens is 555 g/mol. The van der Waals surface area contributed by atoms with Crippen LogP contribution in [0.2, 0.25) is 0 Å². The molecule has 2 fully saturated rings. The van der Waals surface area contributed by atoms with Crippen molar-refractivity contribution in [3.8, 4) is 22.3 Å². The van der Waals surface area contributed by atoms with E-state index in [-0.39, 0.29) is 5.41 Å². The summed E-state index contributed by atoms with van der Waals surface area (Å²) in [4.78, 5) is 2.47. The minimum Gasteiger partial charge on any atom is -0.310 e. The van der Waals surface area contributed by atoms with E-state index in [2.05, 4.69) is 134 Å². The minimum atomic E-state index is -0.0534. The van der Waals surface area contributed by atoms with Crippen molar-refractivity contribution < 1.29 is 0 Å². The molecule has 3 aliphatic rings. The van der Waals surface area contributed by atoms with Crippen molar-refractivity contribution in [1.29, 1.82) is 0 Å². The molecule has 0 heterocycles. The predicted molar refractivity (Wildman–Crippen MR) is 196 cm³/mol. The van der Waals surface area contributed by atoms with Crippen LogP contribution in [0.15, 0.2) is 115 Å². The average molecular weight is 602 g/mol. The van der Waals surface area contributed by atoms with Crippen LogP contribution >= 0.6 is 0 Å². The molecule has 0 spiro atoms. The Morgan fingerprint density at radius 2 is 1.04 bits per heavy atom. The van der Waals surface area contributed by atoms with E-state index in [1.807, 2.05) is 0 Å². The van der Waals surface area contributed by atoms with Gasteiger partial charge in [-0.25, -0.2) is 0 Å². The van der Waals surface area contributed by atoms with E-state index in [1.165, 1.54) is 120 Å². The summed E-state index contributed by atoms with van der Waals surface area (Å²) in [7, 11) is 0. The molecule has 3 aliphatic carbocycles. The van der Waals surface area contributed by atoms with Gasteiger partial charge in [-0.15, -0.1) is 0 Å². The van der Waals surface area contributed by atoms with E-state index in [9.17, 15) is 0 Å². The lowest BCUT2D eigenvalue weighted by Gasteiger charge is -2.30. The summed E-state index contributed by atoms with van der Waals surface area (Å²) in [6.07, 6.45) is 13.6. The lowest BCUT2D eigenvalue weighted by molar-refractivity contribution is 0.443. The molecule has 0 aliphatic heterocycles. The van der Waals surface area contributed by atoms with Crippen LogP contribution in [-0.4, -0.2) is 0 Å². The zero-order chi connectivity index (χ0) is 31.1. The lowest BCUT2D eigenvalue weighted by atomic mass is 9.79. The second kappa shape index (κ2) is 12.3. The van der Waals surface area contributed by atoms with Crippen LogP contribution in [0.4, 0.5) is 17.1 Å². The smallest absolute Gasteiger partial charge is 0.0540 e. The fourth-order valence-corrected chi connectivity index (χ4v) is 8.86. The van der Waals surface area contributed by atoms with E-state index in [0.717, 1.165) is 11.8 Å². The molecule has 1 heteroatoms. The first-order chi connectivity index (χ1) is 22.6. The summed E-state index contributed by atoms with van der Waals surface area (Å²) in [6, 6.07) is 44.0. The molecule has 0 bridgehead atoms. The van der Waals surface area contributed by atoms with E-state index in [4.69, 9.17) is 0 Å². The van der Waals surface area contributed by atoms with Gasteiger partial charge in [-0.05, 0) is 107 Å². The highest BCUT2D eigenvalue weighted by Gasteiger charge is 2.37. The monoisotopic (exact) mass is 601 g/mol. The topological polar surface area (TPSA) is 3.24 Å². The summed E-state index contributed by atoms with van der Waals surface area (Å²) in [5.74, 6) is 1.44. The van der Waals surface area contributed by atoms with E-state index < -0.39 is 0 Å². The van der Waals surface area contributed by atoms with Crippen molar-refractivity contribution in [3.05, 3.63) is 138 Å². The first-order valence-electron chi connectivity index (χ1n) is 17.9. The van der Waals surface area contributed by atoms with Crippen LogP contribution < -0.4 is 4.90 Å². The van der Waals surface area contributed by atoms with Crippen molar-refractivity contribution in [1.82, 2.24) is 0 Å². The second-order valence-corrected chi connectivity index (χ2v) is 14.6. The molecule has 5 aromatic carbocycles. The highest BCUT2D eigenvalue weighted by molar-refractivity contribution is 5.90. The van der Waals surface area contributed by atoms with Crippen LogP contribution in [0.25, 0.3) is 22.3 Å². The Morgan fingerprint density at radius 1 is 0.478 bits per heavy atom. The molecule has 0 saturated heterocycles. The molecular formula is C45H47N. The van der Waals surface area contributed by atoms with Crippen molar-refractivity contribution in [2.24, 2.45) is 0 Å². The SMILES string of the molecule is CC1(C)c2cc(C3CCCCC3)ccc2-c2ccc(N(c3ccccc3)c3ccccc3-c3ccc(C4CCCCC4)cc3)cc21. The largest absolute Gasteiger partial charge is 0.310 e. The van der Waals surface area contributed by atoms with E-state index in [1.54, 1.807) is 5.56 Å². The van der Waals surface area contributed by atoms with Gasteiger partial charge in [-0.1, -0.05) is 137 Å². The first kappa shape index (κ1) is 29.3. The molecule has 232 valence electrons. The van der Waals surface area contributed by atoms with Crippen LogP contribution in [0.3, 0.4) is 0 Å². The van der Waals surface area contributed by atoms with E-state index in [0.29, 0.717) is 0 Å².